The van der Waals surface area contributed by atoms with Crippen molar-refractivity contribution in [2.45, 2.75) is 19.6 Å². The first kappa shape index (κ1) is 21.5. The van der Waals surface area contributed by atoms with Crippen LogP contribution in [0.25, 0.3) is 0 Å². The smallest absolute Gasteiger partial charge is 0.257 e. The summed E-state index contributed by atoms with van der Waals surface area (Å²) in [5, 5.41) is 0. The van der Waals surface area contributed by atoms with Gasteiger partial charge in [0.15, 0.2) is 11.6 Å². The van der Waals surface area contributed by atoms with Gasteiger partial charge in [0.1, 0.15) is 12.4 Å². The lowest BCUT2D eigenvalue weighted by Gasteiger charge is -2.24. The van der Waals surface area contributed by atoms with Crippen LogP contribution in [0.3, 0.4) is 0 Å². The lowest BCUT2D eigenvalue weighted by atomic mass is 10.1. The van der Waals surface area contributed by atoms with Gasteiger partial charge >= 0.3 is 0 Å². The number of para-hydroxylation sites is 1. The molecule has 3 aromatic carbocycles. The molecule has 0 saturated heterocycles. The van der Waals surface area contributed by atoms with Gasteiger partial charge in [-0.25, -0.2) is 8.78 Å². The van der Waals surface area contributed by atoms with E-state index in [1.165, 1.54) is 6.07 Å². The van der Waals surface area contributed by atoms with Gasteiger partial charge in [-0.3, -0.25) is 4.79 Å². The molecule has 0 aliphatic rings. The van der Waals surface area contributed by atoms with Gasteiger partial charge in [0, 0.05) is 13.1 Å². The number of benzene rings is 3. The highest BCUT2D eigenvalue weighted by atomic mass is 19.2. The normalized spacial score (nSPS) is 10.6. The van der Waals surface area contributed by atoms with Gasteiger partial charge in [0.05, 0.1) is 5.56 Å². The van der Waals surface area contributed by atoms with Gasteiger partial charge < -0.3 is 15.4 Å². The molecule has 0 atom stereocenters. The fourth-order valence-corrected chi connectivity index (χ4v) is 3.07. The molecule has 3 aromatic rings. The molecule has 3 rings (SSSR count). The van der Waals surface area contributed by atoms with Crippen LogP contribution in [0.1, 0.15) is 27.9 Å². The number of halogens is 2. The van der Waals surface area contributed by atoms with Crippen molar-refractivity contribution in [1.29, 1.82) is 0 Å². The monoisotopic (exact) mass is 410 g/mol. The zero-order valence-corrected chi connectivity index (χ0v) is 16.6. The van der Waals surface area contributed by atoms with Crippen LogP contribution in [0.15, 0.2) is 72.8 Å². The highest BCUT2D eigenvalue weighted by Gasteiger charge is 2.20. The topological polar surface area (TPSA) is 55.6 Å². The van der Waals surface area contributed by atoms with Crippen LogP contribution >= 0.6 is 0 Å². The van der Waals surface area contributed by atoms with E-state index in [4.69, 9.17) is 10.5 Å². The highest BCUT2D eigenvalue weighted by Crippen LogP contribution is 2.23. The second-order valence-electron chi connectivity index (χ2n) is 6.89. The summed E-state index contributed by atoms with van der Waals surface area (Å²) < 4.78 is 32.8. The van der Waals surface area contributed by atoms with E-state index in [9.17, 15) is 13.6 Å². The minimum absolute atomic E-state index is 0.142. The predicted molar refractivity (Wildman–Crippen MR) is 112 cm³/mol. The summed E-state index contributed by atoms with van der Waals surface area (Å²) in [7, 11) is 0. The quantitative estimate of drug-likeness (QED) is 0.564. The Hall–Kier alpha value is -3.25. The van der Waals surface area contributed by atoms with E-state index in [0.717, 1.165) is 17.7 Å². The summed E-state index contributed by atoms with van der Waals surface area (Å²) in [6, 6.07) is 20.3. The molecule has 0 aromatic heterocycles. The zero-order chi connectivity index (χ0) is 21.3. The molecular formula is C24H24F2N2O2. The molecular weight excluding hydrogens is 386 g/mol. The number of carbonyl (C=O) groups is 1. The van der Waals surface area contributed by atoms with Gasteiger partial charge in [-0.2, -0.15) is 0 Å². The Balaban J connectivity index is 1.80. The molecule has 0 unspecified atom stereocenters. The maximum atomic E-state index is 13.6. The number of rotatable bonds is 9. The average Bonchev–Trinajstić information content (AvgIpc) is 2.78. The van der Waals surface area contributed by atoms with Gasteiger partial charge in [-0.05, 0) is 48.4 Å². The third-order valence-electron chi connectivity index (χ3n) is 4.63. The molecule has 6 heteroatoms. The van der Waals surface area contributed by atoms with Gasteiger partial charge in [0.2, 0.25) is 0 Å². The van der Waals surface area contributed by atoms with Crippen LogP contribution in [0.5, 0.6) is 5.75 Å². The highest BCUT2D eigenvalue weighted by molar-refractivity contribution is 5.96. The first-order valence-electron chi connectivity index (χ1n) is 9.77. The minimum atomic E-state index is -0.940. The molecule has 30 heavy (non-hydrogen) atoms. The van der Waals surface area contributed by atoms with Crippen molar-refractivity contribution in [3.63, 3.8) is 0 Å². The van der Waals surface area contributed by atoms with Crippen molar-refractivity contribution < 1.29 is 18.3 Å². The van der Waals surface area contributed by atoms with Crippen molar-refractivity contribution in [2.75, 3.05) is 13.1 Å². The Bertz CT molecular complexity index is 980. The van der Waals surface area contributed by atoms with Crippen LogP contribution in [-0.4, -0.2) is 23.9 Å². The Morgan fingerprint density at radius 1 is 0.900 bits per heavy atom. The molecule has 156 valence electrons. The number of ether oxygens (including phenoxy) is 1. The number of nitrogens with two attached hydrogens (primary N) is 1. The van der Waals surface area contributed by atoms with E-state index in [2.05, 4.69) is 0 Å². The Morgan fingerprint density at radius 2 is 1.63 bits per heavy atom. The second-order valence-corrected chi connectivity index (χ2v) is 6.89. The molecule has 0 radical (unpaired) electrons. The maximum absolute atomic E-state index is 13.6. The Labute approximate surface area is 174 Å². The summed E-state index contributed by atoms with van der Waals surface area (Å²) >= 11 is 0. The maximum Gasteiger partial charge on any atom is 0.257 e. The third kappa shape index (κ3) is 5.64. The lowest BCUT2D eigenvalue weighted by Crippen LogP contribution is -2.33. The minimum Gasteiger partial charge on any atom is -0.488 e. The first-order valence-corrected chi connectivity index (χ1v) is 9.77. The van der Waals surface area contributed by atoms with E-state index in [0.29, 0.717) is 43.0 Å². The summed E-state index contributed by atoms with van der Waals surface area (Å²) in [5.41, 5.74) is 7.52. The van der Waals surface area contributed by atoms with Gasteiger partial charge in [-0.15, -0.1) is 0 Å². The molecule has 0 heterocycles. The van der Waals surface area contributed by atoms with Crippen molar-refractivity contribution in [2.24, 2.45) is 5.73 Å². The lowest BCUT2D eigenvalue weighted by molar-refractivity contribution is 0.0737. The van der Waals surface area contributed by atoms with Gasteiger partial charge in [0.25, 0.3) is 5.91 Å². The largest absolute Gasteiger partial charge is 0.488 e. The average molecular weight is 410 g/mol. The summed E-state index contributed by atoms with van der Waals surface area (Å²) in [5.74, 6) is -1.64. The summed E-state index contributed by atoms with van der Waals surface area (Å²) in [6.07, 6.45) is 0.586. The van der Waals surface area contributed by atoms with E-state index < -0.39 is 11.6 Å². The molecule has 0 aliphatic heterocycles. The van der Waals surface area contributed by atoms with Crippen LogP contribution in [0.4, 0.5) is 8.78 Å². The number of nitrogens with zero attached hydrogens (tertiary/aromatic N) is 1. The number of carbonyl (C=O) groups excluding carboxylic acids is 1. The van der Waals surface area contributed by atoms with Crippen molar-refractivity contribution >= 4 is 5.91 Å². The van der Waals surface area contributed by atoms with E-state index in [-0.39, 0.29) is 12.5 Å². The van der Waals surface area contributed by atoms with Crippen LogP contribution < -0.4 is 10.5 Å². The summed E-state index contributed by atoms with van der Waals surface area (Å²) in [4.78, 5) is 14.9. The fourth-order valence-electron chi connectivity index (χ4n) is 3.07. The molecule has 0 fully saturated rings. The zero-order valence-electron chi connectivity index (χ0n) is 16.6. The first-order chi connectivity index (χ1) is 14.6. The van der Waals surface area contributed by atoms with Crippen molar-refractivity contribution in [1.82, 2.24) is 4.90 Å². The second kappa shape index (κ2) is 10.5. The summed E-state index contributed by atoms with van der Waals surface area (Å²) in [6.45, 7) is 1.27. The van der Waals surface area contributed by atoms with Crippen LogP contribution in [0, 0.1) is 11.6 Å². The number of hydrogen-bond acceptors (Lipinski definition) is 3. The molecule has 0 bridgehead atoms. The van der Waals surface area contributed by atoms with E-state index in [1.54, 1.807) is 29.2 Å². The van der Waals surface area contributed by atoms with E-state index >= 15 is 0 Å². The molecule has 0 aliphatic carbocycles. The number of hydrogen-bond donors (Lipinski definition) is 1. The van der Waals surface area contributed by atoms with Crippen molar-refractivity contribution in [3.05, 3.63) is 101 Å². The Kier molecular flexibility index (Phi) is 7.51. The van der Waals surface area contributed by atoms with Crippen LogP contribution in [0.2, 0.25) is 0 Å². The molecule has 0 saturated carbocycles. The number of amides is 1. The SMILES string of the molecule is NCCCN(Cc1ccc(F)c(F)c1)C(=O)c1ccccc1OCc1ccccc1. The van der Waals surface area contributed by atoms with E-state index in [1.807, 2.05) is 30.3 Å². The predicted octanol–water partition coefficient (Wildman–Crippen LogP) is 4.54. The molecule has 4 nitrogen and oxygen atoms in total. The molecule has 2 N–H and O–H groups in total. The fraction of sp³-hybridized carbons (Fsp3) is 0.208. The van der Waals surface area contributed by atoms with Gasteiger partial charge in [-0.1, -0.05) is 48.5 Å². The third-order valence-corrected chi connectivity index (χ3v) is 4.63. The Morgan fingerprint density at radius 3 is 2.37 bits per heavy atom. The standard InChI is InChI=1S/C24H24F2N2O2/c25-21-12-11-19(15-22(21)26)16-28(14-6-13-27)24(29)20-9-4-5-10-23(20)30-17-18-7-2-1-3-8-18/h1-5,7-12,15H,6,13-14,16-17,27H2. The van der Waals surface area contributed by atoms with Crippen LogP contribution in [-0.2, 0) is 13.2 Å². The molecule has 0 spiro atoms. The molecule has 1 amide bonds. The van der Waals surface area contributed by atoms with Crippen molar-refractivity contribution in [3.8, 4) is 5.75 Å².